The quantitative estimate of drug-likeness (QED) is 0.452. The first-order valence-electron chi connectivity index (χ1n) is 3.75. The van der Waals surface area contributed by atoms with E-state index in [1.54, 1.807) is 0 Å². The van der Waals surface area contributed by atoms with Gasteiger partial charge in [-0.25, -0.2) is 8.42 Å². The van der Waals surface area contributed by atoms with Crippen LogP contribution in [-0.4, -0.2) is 24.7 Å². The molecule has 0 bridgehead atoms. The molecule has 1 aromatic rings. The van der Waals surface area contributed by atoms with E-state index < -0.39 is 20.6 Å². The first kappa shape index (κ1) is 11.2. The Hall–Kier alpha value is -1.83. The van der Waals surface area contributed by atoms with Crippen molar-refractivity contribution >= 4 is 21.4 Å². The Morgan fingerprint density at radius 3 is 2.53 bits per heavy atom. The molecule has 82 valence electrons. The lowest BCUT2D eigenvalue weighted by Gasteiger charge is -2.04. The molecule has 0 amide bonds. The monoisotopic (exact) mass is 232 g/mol. The molecule has 8 heteroatoms. The molecule has 0 aliphatic heterocycles. The summed E-state index contributed by atoms with van der Waals surface area (Å²) in [4.78, 5) is 9.73. The van der Waals surface area contributed by atoms with E-state index in [4.69, 9.17) is 5.11 Å². The van der Waals surface area contributed by atoms with Gasteiger partial charge in [0.05, 0.1) is 17.2 Å². The lowest BCUT2D eigenvalue weighted by Crippen LogP contribution is -2.10. The minimum absolute atomic E-state index is 0.180. The number of phenols is 1. The Kier molecular flexibility index (Phi) is 2.80. The fourth-order valence-electron chi connectivity index (χ4n) is 0.957. The van der Waals surface area contributed by atoms with Gasteiger partial charge in [0.15, 0.2) is 0 Å². The van der Waals surface area contributed by atoms with E-state index in [0.29, 0.717) is 0 Å². The van der Waals surface area contributed by atoms with E-state index >= 15 is 0 Å². The van der Waals surface area contributed by atoms with Crippen LogP contribution in [0.1, 0.15) is 0 Å². The van der Waals surface area contributed by atoms with E-state index in [1.807, 2.05) is 4.72 Å². The second-order valence-corrected chi connectivity index (χ2v) is 4.58. The SMILES string of the molecule is CS(=O)(=O)Nc1ccc(O)cc1[N+](=O)[O-]. The van der Waals surface area contributed by atoms with E-state index in [-0.39, 0.29) is 11.4 Å². The fraction of sp³-hybridized carbons (Fsp3) is 0.143. The van der Waals surface area contributed by atoms with Crippen molar-refractivity contribution in [2.45, 2.75) is 0 Å². The number of rotatable bonds is 3. The van der Waals surface area contributed by atoms with E-state index in [0.717, 1.165) is 24.5 Å². The highest BCUT2D eigenvalue weighted by molar-refractivity contribution is 7.92. The lowest BCUT2D eigenvalue weighted by molar-refractivity contribution is -0.384. The van der Waals surface area contributed by atoms with E-state index in [9.17, 15) is 18.5 Å². The molecule has 0 saturated carbocycles. The Morgan fingerprint density at radius 1 is 1.47 bits per heavy atom. The van der Waals surface area contributed by atoms with Gasteiger partial charge in [0.25, 0.3) is 5.69 Å². The summed E-state index contributed by atoms with van der Waals surface area (Å²) in [5.74, 6) is -0.305. The van der Waals surface area contributed by atoms with Gasteiger partial charge in [0.1, 0.15) is 11.4 Å². The van der Waals surface area contributed by atoms with Crippen molar-refractivity contribution in [1.82, 2.24) is 0 Å². The number of nitro benzene ring substituents is 1. The molecule has 0 unspecified atom stereocenters. The number of hydrogen-bond acceptors (Lipinski definition) is 5. The number of sulfonamides is 1. The first-order valence-corrected chi connectivity index (χ1v) is 5.64. The predicted molar refractivity (Wildman–Crippen MR) is 53.2 cm³/mol. The van der Waals surface area contributed by atoms with Crippen molar-refractivity contribution in [3.8, 4) is 5.75 Å². The van der Waals surface area contributed by atoms with Crippen LogP contribution in [0.25, 0.3) is 0 Å². The number of phenolic OH excluding ortho intramolecular Hbond substituents is 1. The zero-order valence-electron chi connectivity index (χ0n) is 7.67. The van der Waals surface area contributed by atoms with E-state index in [2.05, 4.69) is 0 Å². The van der Waals surface area contributed by atoms with Gasteiger partial charge in [-0.2, -0.15) is 0 Å². The van der Waals surface area contributed by atoms with Crippen LogP contribution in [0.2, 0.25) is 0 Å². The molecule has 1 aromatic carbocycles. The maximum atomic E-state index is 10.9. The molecule has 1 rings (SSSR count). The second-order valence-electron chi connectivity index (χ2n) is 2.83. The summed E-state index contributed by atoms with van der Waals surface area (Å²) in [7, 11) is -3.58. The minimum atomic E-state index is -3.58. The Balaban J connectivity index is 3.24. The number of nitro groups is 1. The first-order chi connectivity index (χ1) is 6.79. The van der Waals surface area contributed by atoms with Crippen molar-refractivity contribution in [3.05, 3.63) is 28.3 Å². The van der Waals surface area contributed by atoms with Gasteiger partial charge in [-0.05, 0) is 12.1 Å². The van der Waals surface area contributed by atoms with Crippen LogP contribution in [0.4, 0.5) is 11.4 Å². The summed E-state index contributed by atoms with van der Waals surface area (Å²) in [5, 5.41) is 19.5. The molecule has 0 fully saturated rings. The normalized spacial score (nSPS) is 11.0. The highest BCUT2D eigenvalue weighted by Crippen LogP contribution is 2.28. The largest absolute Gasteiger partial charge is 0.508 e. The standard InChI is InChI=1S/C7H8N2O5S/c1-15(13,14)8-6-3-2-5(10)4-7(6)9(11)12/h2-4,8,10H,1H3. The molecular weight excluding hydrogens is 224 g/mol. The maximum absolute atomic E-state index is 10.9. The third-order valence-corrected chi connectivity index (χ3v) is 2.06. The molecule has 15 heavy (non-hydrogen) atoms. The number of benzene rings is 1. The van der Waals surface area contributed by atoms with Crippen LogP contribution in [0.15, 0.2) is 18.2 Å². The summed E-state index contributed by atoms with van der Waals surface area (Å²) < 4.78 is 23.7. The third-order valence-electron chi connectivity index (χ3n) is 1.47. The average Bonchev–Trinajstić information content (AvgIpc) is 2.05. The predicted octanol–water partition coefficient (Wildman–Crippen LogP) is 0.672. The van der Waals surface area contributed by atoms with Crippen LogP contribution in [0, 0.1) is 10.1 Å². The molecule has 0 spiro atoms. The average molecular weight is 232 g/mol. The molecule has 0 aromatic heterocycles. The highest BCUT2D eigenvalue weighted by atomic mass is 32.2. The number of nitrogens with zero attached hydrogens (tertiary/aromatic N) is 1. The van der Waals surface area contributed by atoms with Crippen LogP contribution < -0.4 is 4.72 Å². The van der Waals surface area contributed by atoms with Crippen LogP contribution in [0.3, 0.4) is 0 Å². The van der Waals surface area contributed by atoms with Crippen LogP contribution in [-0.2, 0) is 10.0 Å². The summed E-state index contributed by atoms with van der Waals surface area (Å²) in [6.07, 6.45) is 0.879. The van der Waals surface area contributed by atoms with Crippen molar-refractivity contribution in [1.29, 1.82) is 0 Å². The van der Waals surface area contributed by atoms with Crippen molar-refractivity contribution < 1.29 is 18.4 Å². The van der Waals surface area contributed by atoms with Crippen molar-refractivity contribution in [2.24, 2.45) is 0 Å². The van der Waals surface area contributed by atoms with Crippen molar-refractivity contribution in [2.75, 3.05) is 11.0 Å². The molecule has 0 saturated heterocycles. The lowest BCUT2D eigenvalue weighted by atomic mass is 10.2. The zero-order chi connectivity index (χ0) is 11.6. The van der Waals surface area contributed by atoms with Crippen molar-refractivity contribution in [3.63, 3.8) is 0 Å². The van der Waals surface area contributed by atoms with Gasteiger partial charge in [-0.15, -0.1) is 0 Å². The van der Waals surface area contributed by atoms with Gasteiger partial charge >= 0.3 is 0 Å². The Labute approximate surface area is 85.6 Å². The third kappa shape index (κ3) is 3.09. The molecule has 0 heterocycles. The summed E-state index contributed by atoms with van der Waals surface area (Å²) in [6, 6.07) is 3.14. The molecule has 2 N–H and O–H groups in total. The fourth-order valence-corrected chi connectivity index (χ4v) is 1.53. The Morgan fingerprint density at radius 2 is 2.07 bits per heavy atom. The highest BCUT2D eigenvalue weighted by Gasteiger charge is 2.16. The molecule has 7 nitrogen and oxygen atoms in total. The van der Waals surface area contributed by atoms with Gasteiger partial charge < -0.3 is 5.11 Å². The zero-order valence-corrected chi connectivity index (χ0v) is 8.48. The van der Waals surface area contributed by atoms with Crippen LogP contribution in [0.5, 0.6) is 5.75 Å². The van der Waals surface area contributed by atoms with Gasteiger partial charge in [-0.1, -0.05) is 0 Å². The van der Waals surface area contributed by atoms with Gasteiger partial charge in [0, 0.05) is 0 Å². The minimum Gasteiger partial charge on any atom is -0.508 e. The topological polar surface area (TPSA) is 110 Å². The summed E-state index contributed by atoms with van der Waals surface area (Å²) in [6.45, 7) is 0. The molecule has 0 radical (unpaired) electrons. The Bertz CT molecular complexity index is 496. The second kappa shape index (κ2) is 3.73. The molecule has 0 aliphatic rings. The maximum Gasteiger partial charge on any atom is 0.296 e. The number of hydrogen-bond donors (Lipinski definition) is 2. The summed E-state index contributed by atoms with van der Waals surface area (Å²) in [5.41, 5.74) is -0.680. The number of anilines is 1. The van der Waals surface area contributed by atoms with Gasteiger partial charge in [0.2, 0.25) is 10.0 Å². The molecule has 0 aliphatic carbocycles. The smallest absolute Gasteiger partial charge is 0.296 e. The molecular formula is C7H8N2O5S. The number of aromatic hydroxyl groups is 1. The number of nitrogens with one attached hydrogen (secondary N) is 1. The summed E-state index contributed by atoms with van der Waals surface area (Å²) >= 11 is 0. The van der Waals surface area contributed by atoms with Crippen LogP contribution >= 0.6 is 0 Å². The molecule has 0 atom stereocenters. The van der Waals surface area contributed by atoms with E-state index in [1.165, 1.54) is 0 Å². The van der Waals surface area contributed by atoms with Gasteiger partial charge in [-0.3, -0.25) is 14.8 Å².